The van der Waals surface area contributed by atoms with Crippen molar-refractivity contribution < 1.29 is 14.3 Å². The number of thiophene rings is 1. The molecular formula is C21H20ClN3O3S2. The largest absolute Gasteiger partial charge is 0.378 e. The Morgan fingerprint density at radius 3 is 2.63 bits per heavy atom. The number of hydrogen-bond donors (Lipinski definition) is 1. The van der Waals surface area contributed by atoms with Crippen LogP contribution in [-0.2, 0) is 18.3 Å². The number of nitrogens with one attached hydrogen (secondary N) is 1. The Morgan fingerprint density at radius 2 is 1.93 bits per heavy atom. The second kappa shape index (κ2) is 8.85. The van der Waals surface area contributed by atoms with Crippen molar-refractivity contribution in [3.05, 3.63) is 62.1 Å². The number of rotatable bonds is 4. The smallest absolute Gasteiger partial charge is 0.264 e. The van der Waals surface area contributed by atoms with Crippen molar-refractivity contribution >= 4 is 57.2 Å². The van der Waals surface area contributed by atoms with Crippen LogP contribution in [0.2, 0.25) is 5.02 Å². The molecule has 1 aliphatic rings. The van der Waals surface area contributed by atoms with Crippen LogP contribution in [0.15, 0.2) is 36.5 Å². The Morgan fingerprint density at radius 1 is 1.23 bits per heavy atom. The van der Waals surface area contributed by atoms with Gasteiger partial charge in [0, 0.05) is 43.3 Å². The topological polar surface area (TPSA) is 63.6 Å². The third-order valence-corrected chi connectivity index (χ3v) is 6.87. The summed E-state index contributed by atoms with van der Waals surface area (Å²) in [5, 5.41) is 4.29. The van der Waals surface area contributed by atoms with Gasteiger partial charge in [0.05, 0.1) is 28.2 Å². The fourth-order valence-corrected chi connectivity index (χ4v) is 4.89. The molecule has 0 atom stereocenters. The predicted molar refractivity (Wildman–Crippen MR) is 121 cm³/mol. The minimum Gasteiger partial charge on any atom is -0.378 e. The summed E-state index contributed by atoms with van der Waals surface area (Å²) < 4.78 is 7.63. The van der Waals surface area contributed by atoms with Gasteiger partial charge in [-0.3, -0.25) is 9.59 Å². The molecule has 3 heterocycles. The molecular weight excluding hydrogens is 442 g/mol. The maximum atomic E-state index is 12.8. The molecule has 9 heteroatoms. The van der Waals surface area contributed by atoms with Crippen molar-refractivity contribution in [3.8, 4) is 0 Å². The van der Waals surface area contributed by atoms with Crippen LogP contribution in [0, 0.1) is 4.51 Å². The van der Waals surface area contributed by atoms with E-state index >= 15 is 0 Å². The number of nitrogens with zero attached hydrogens (tertiary/aromatic N) is 2. The number of aryl methyl sites for hydroxylation is 1. The number of amides is 2. The first-order valence-corrected chi connectivity index (χ1v) is 11.1. The van der Waals surface area contributed by atoms with Crippen LogP contribution in [0.4, 0.5) is 0 Å². The molecule has 6 nitrogen and oxygen atoms in total. The van der Waals surface area contributed by atoms with Crippen LogP contribution in [-0.4, -0.2) is 47.6 Å². The normalized spacial score (nSPS) is 14.1. The summed E-state index contributed by atoms with van der Waals surface area (Å²) in [7, 11) is 1.85. The lowest BCUT2D eigenvalue weighted by Crippen LogP contribution is -2.40. The summed E-state index contributed by atoms with van der Waals surface area (Å²) in [4.78, 5) is 28.9. The van der Waals surface area contributed by atoms with E-state index in [0.29, 0.717) is 52.8 Å². The number of halogens is 1. The molecule has 0 radical (unpaired) electrons. The zero-order valence-electron chi connectivity index (χ0n) is 16.3. The van der Waals surface area contributed by atoms with Gasteiger partial charge in [-0.15, -0.1) is 11.3 Å². The Balaban J connectivity index is 1.59. The van der Waals surface area contributed by atoms with Crippen LogP contribution in [0.5, 0.6) is 0 Å². The van der Waals surface area contributed by atoms with Gasteiger partial charge in [-0.25, -0.2) is 0 Å². The molecule has 30 heavy (non-hydrogen) atoms. The van der Waals surface area contributed by atoms with Crippen LogP contribution < -0.4 is 5.32 Å². The molecule has 0 saturated carbocycles. The minimum atomic E-state index is -0.250. The summed E-state index contributed by atoms with van der Waals surface area (Å²) in [6.07, 6.45) is 1.72. The maximum Gasteiger partial charge on any atom is 0.264 e. The van der Waals surface area contributed by atoms with E-state index in [1.807, 2.05) is 23.7 Å². The second-order valence-electron chi connectivity index (χ2n) is 7.03. The molecule has 0 unspecified atom stereocenters. The summed E-state index contributed by atoms with van der Waals surface area (Å²) in [6.45, 7) is 2.64. The number of benzene rings is 1. The van der Waals surface area contributed by atoms with E-state index in [0.717, 1.165) is 15.8 Å². The van der Waals surface area contributed by atoms with Gasteiger partial charge in [-0.1, -0.05) is 36.0 Å². The molecule has 1 saturated heterocycles. The number of ether oxygens (including phenoxy) is 1. The minimum absolute atomic E-state index is 0.0253. The van der Waals surface area contributed by atoms with Crippen molar-refractivity contribution in [1.29, 1.82) is 0 Å². The van der Waals surface area contributed by atoms with Gasteiger partial charge in [0.1, 0.15) is 4.83 Å². The number of pyridine rings is 1. The van der Waals surface area contributed by atoms with E-state index in [9.17, 15) is 9.59 Å². The average molecular weight is 462 g/mol. The van der Waals surface area contributed by atoms with Gasteiger partial charge in [-0.05, 0) is 23.8 Å². The maximum absolute atomic E-state index is 12.8. The third kappa shape index (κ3) is 4.27. The molecule has 0 aliphatic carbocycles. The van der Waals surface area contributed by atoms with Crippen molar-refractivity contribution in [1.82, 2.24) is 14.8 Å². The number of fused-ring (bicyclic) bond motifs is 1. The van der Waals surface area contributed by atoms with E-state index in [4.69, 9.17) is 28.6 Å². The highest BCUT2D eigenvalue weighted by molar-refractivity contribution is 7.71. The third-order valence-electron chi connectivity index (χ3n) is 4.96. The lowest BCUT2D eigenvalue weighted by Gasteiger charge is -2.26. The molecule has 3 aromatic rings. The first kappa shape index (κ1) is 21.0. The molecule has 0 spiro atoms. The summed E-state index contributed by atoms with van der Waals surface area (Å²) in [5.74, 6) is -0.276. The van der Waals surface area contributed by atoms with Gasteiger partial charge < -0.3 is 19.5 Å². The van der Waals surface area contributed by atoms with Gasteiger partial charge in [0.25, 0.3) is 11.8 Å². The van der Waals surface area contributed by atoms with E-state index in [-0.39, 0.29) is 11.8 Å². The Hall–Kier alpha value is -2.26. The molecule has 1 N–H and O–H groups in total. The number of aromatic nitrogens is 1. The number of carbonyl (C=O) groups is 2. The Kier molecular flexibility index (Phi) is 6.19. The van der Waals surface area contributed by atoms with Crippen LogP contribution >= 0.6 is 35.2 Å². The average Bonchev–Trinajstić information content (AvgIpc) is 3.22. The lowest BCUT2D eigenvalue weighted by atomic mass is 10.2. The summed E-state index contributed by atoms with van der Waals surface area (Å²) in [6, 6.07) is 9.10. The van der Waals surface area contributed by atoms with Crippen LogP contribution in [0.3, 0.4) is 0 Å². The van der Waals surface area contributed by atoms with Crippen LogP contribution in [0.1, 0.15) is 25.6 Å². The molecule has 156 valence electrons. The standard InChI is InChI=1S/C21H20ClN3O3S2/c1-24-12-16(19(26)23-11-13-2-4-14(22)5-3-13)18(29)15-10-17(30-21(15)24)20(27)25-6-8-28-9-7-25/h2-5,10,12H,6-9,11H2,1H3,(H,23,26). The number of morpholine rings is 1. The van der Waals surface area contributed by atoms with Gasteiger partial charge in [0.2, 0.25) is 0 Å². The quantitative estimate of drug-likeness (QED) is 0.596. The van der Waals surface area contributed by atoms with Gasteiger partial charge in [0.15, 0.2) is 0 Å². The number of carbonyl (C=O) groups excluding carboxylic acids is 2. The molecule has 1 aromatic carbocycles. The zero-order chi connectivity index (χ0) is 21.3. The van der Waals surface area contributed by atoms with E-state index in [1.54, 1.807) is 29.3 Å². The zero-order valence-corrected chi connectivity index (χ0v) is 18.7. The molecule has 2 amide bonds. The van der Waals surface area contributed by atoms with Crippen LogP contribution in [0.25, 0.3) is 10.2 Å². The van der Waals surface area contributed by atoms with Crippen molar-refractivity contribution in [2.24, 2.45) is 7.05 Å². The second-order valence-corrected chi connectivity index (χ2v) is 8.90. The number of hydrogen-bond acceptors (Lipinski definition) is 5. The van der Waals surface area contributed by atoms with Crippen molar-refractivity contribution in [3.63, 3.8) is 0 Å². The monoisotopic (exact) mass is 461 g/mol. The molecule has 0 bridgehead atoms. The van der Waals surface area contributed by atoms with E-state index in [1.165, 1.54) is 11.3 Å². The predicted octanol–water partition coefficient (Wildman–Crippen LogP) is 4.03. The Bertz CT molecular complexity index is 1160. The lowest BCUT2D eigenvalue weighted by molar-refractivity contribution is 0.0306. The van der Waals surface area contributed by atoms with E-state index in [2.05, 4.69) is 5.32 Å². The fourth-order valence-electron chi connectivity index (χ4n) is 3.33. The highest BCUT2D eigenvalue weighted by Crippen LogP contribution is 2.29. The van der Waals surface area contributed by atoms with Gasteiger partial charge >= 0.3 is 0 Å². The molecule has 4 rings (SSSR count). The molecule has 1 aliphatic heterocycles. The molecule has 2 aromatic heterocycles. The first-order valence-electron chi connectivity index (χ1n) is 9.47. The van der Waals surface area contributed by atoms with Crippen molar-refractivity contribution in [2.75, 3.05) is 26.3 Å². The highest BCUT2D eigenvalue weighted by atomic mass is 35.5. The molecule has 1 fully saturated rings. The summed E-state index contributed by atoms with van der Waals surface area (Å²) >= 11 is 12.9. The summed E-state index contributed by atoms with van der Waals surface area (Å²) in [5.41, 5.74) is 1.36. The Labute approximate surface area is 188 Å². The van der Waals surface area contributed by atoms with Gasteiger partial charge in [-0.2, -0.15) is 0 Å². The SMILES string of the molecule is Cn1cc(C(=O)NCc2ccc(Cl)cc2)c(=S)c2cc(C(=O)N3CCOCC3)sc21. The highest BCUT2D eigenvalue weighted by Gasteiger charge is 2.22. The fraction of sp³-hybridized carbons (Fsp3) is 0.286. The van der Waals surface area contributed by atoms with E-state index < -0.39 is 0 Å². The van der Waals surface area contributed by atoms with Crippen molar-refractivity contribution in [2.45, 2.75) is 6.54 Å². The first-order chi connectivity index (χ1) is 14.4.